The van der Waals surface area contributed by atoms with E-state index in [0.717, 1.165) is 35.1 Å². The van der Waals surface area contributed by atoms with Gasteiger partial charge >= 0.3 is 12.1 Å². The zero-order valence-electron chi connectivity index (χ0n) is 19.3. The molecule has 1 amide bonds. The van der Waals surface area contributed by atoms with Crippen molar-refractivity contribution in [3.8, 4) is 11.1 Å². The van der Waals surface area contributed by atoms with Crippen LogP contribution in [0.5, 0.6) is 0 Å². The molecule has 2 aromatic carbocycles. The second-order valence-electron chi connectivity index (χ2n) is 9.20. The van der Waals surface area contributed by atoms with Crippen LogP contribution in [0.25, 0.3) is 11.1 Å². The molecule has 0 bridgehead atoms. The summed E-state index contributed by atoms with van der Waals surface area (Å²) in [5.41, 5.74) is 3.82. The summed E-state index contributed by atoms with van der Waals surface area (Å²) in [6, 6.07) is 15.4. The average Bonchev–Trinajstić information content (AvgIpc) is 3.07. The van der Waals surface area contributed by atoms with E-state index in [1.807, 2.05) is 31.2 Å². The number of esters is 1. The van der Waals surface area contributed by atoms with Crippen LogP contribution in [0.3, 0.4) is 0 Å². The minimum absolute atomic E-state index is 0.0574. The number of carbonyl (C=O) groups excluding carboxylic acids is 2. The van der Waals surface area contributed by atoms with E-state index >= 15 is 0 Å². The van der Waals surface area contributed by atoms with Crippen LogP contribution in [0, 0.1) is 0 Å². The van der Waals surface area contributed by atoms with Gasteiger partial charge in [-0.1, -0.05) is 68.3 Å². The van der Waals surface area contributed by atoms with Crippen molar-refractivity contribution in [1.82, 2.24) is 5.32 Å². The van der Waals surface area contributed by atoms with Gasteiger partial charge in [-0.2, -0.15) is 0 Å². The van der Waals surface area contributed by atoms with Crippen LogP contribution in [-0.2, 0) is 14.3 Å². The van der Waals surface area contributed by atoms with Gasteiger partial charge in [0, 0.05) is 5.92 Å². The normalized spacial score (nSPS) is 14.8. The van der Waals surface area contributed by atoms with Gasteiger partial charge in [-0.25, -0.2) is 9.59 Å². The molecule has 2 N–H and O–H groups in total. The third kappa shape index (κ3) is 5.68. The summed E-state index contributed by atoms with van der Waals surface area (Å²) < 4.78 is 10.8. The maximum Gasteiger partial charge on any atom is 0.407 e. The lowest BCUT2D eigenvalue weighted by atomic mass is 9.98. The SMILES string of the molecule is CCCC[C@H](NC(=O)OCC1c2ccccc2-c2ccccc21)[C@H](O)C(=O)OC(C)(C)C. The van der Waals surface area contributed by atoms with Gasteiger partial charge in [0.1, 0.15) is 12.2 Å². The van der Waals surface area contributed by atoms with E-state index in [2.05, 4.69) is 29.6 Å². The van der Waals surface area contributed by atoms with E-state index in [1.54, 1.807) is 20.8 Å². The second-order valence-corrected chi connectivity index (χ2v) is 9.20. The molecular formula is C26H33NO5. The van der Waals surface area contributed by atoms with E-state index < -0.39 is 29.8 Å². The Balaban J connectivity index is 1.66. The van der Waals surface area contributed by atoms with E-state index in [-0.39, 0.29) is 12.5 Å². The molecule has 0 radical (unpaired) electrons. The molecule has 2 aromatic rings. The number of nitrogens with one attached hydrogen (secondary N) is 1. The number of hydrogen-bond donors (Lipinski definition) is 2. The number of rotatable bonds is 8. The van der Waals surface area contributed by atoms with Crippen LogP contribution < -0.4 is 5.32 Å². The number of amides is 1. The first-order valence-corrected chi connectivity index (χ1v) is 11.2. The number of ether oxygens (including phenoxy) is 2. The number of alkyl carbamates (subject to hydrolysis) is 1. The summed E-state index contributed by atoms with van der Waals surface area (Å²) in [7, 11) is 0. The lowest BCUT2D eigenvalue weighted by molar-refractivity contribution is -0.166. The van der Waals surface area contributed by atoms with Gasteiger partial charge in [0.25, 0.3) is 0 Å². The highest BCUT2D eigenvalue weighted by Crippen LogP contribution is 2.44. The maximum atomic E-state index is 12.6. The van der Waals surface area contributed by atoms with Crippen molar-refractivity contribution in [1.29, 1.82) is 0 Å². The Morgan fingerprint density at radius 2 is 1.59 bits per heavy atom. The summed E-state index contributed by atoms with van der Waals surface area (Å²) in [6.45, 7) is 7.38. The van der Waals surface area contributed by atoms with E-state index in [9.17, 15) is 14.7 Å². The van der Waals surface area contributed by atoms with E-state index in [4.69, 9.17) is 9.47 Å². The van der Waals surface area contributed by atoms with Crippen molar-refractivity contribution in [3.05, 3.63) is 59.7 Å². The first-order chi connectivity index (χ1) is 15.2. The molecule has 2 atom stereocenters. The lowest BCUT2D eigenvalue weighted by Gasteiger charge is -2.26. The van der Waals surface area contributed by atoms with Gasteiger partial charge in [-0.15, -0.1) is 0 Å². The molecule has 0 aromatic heterocycles. The van der Waals surface area contributed by atoms with Crippen molar-refractivity contribution in [2.45, 2.75) is 70.6 Å². The van der Waals surface area contributed by atoms with Gasteiger partial charge in [0.2, 0.25) is 0 Å². The molecule has 6 heteroatoms. The highest BCUT2D eigenvalue weighted by Gasteiger charge is 2.33. The van der Waals surface area contributed by atoms with Gasteiger partial charge in [0.05, 0.1) is 6.04 Å². The van der Waals surface area contributed by atoms with E-state index in [0.29, 0.717) is 6.42 Å². The number of hydrogen-bond acceptors (Lipinski definition) is 5. The molecule has 1 aliphatic rings. The van der Waals surface area contributed by atoms with Crippen molar-refractivity contribution in [2.24, 2.45) is 0 Å². The third-order valence-electron chi connectivity index (χ3n) is 5.55. The van der Waals surface area contributed by atoms with Crippen LogP contribution in [-0.4, -0.2) is 41.5 Å². The predicted molar refractivity (Wildman–Crippen MR) is 123 cm³/mol. The zero-order valence-corrected chi connectivity index (χ0v) is 19.3. The Bertz CT molecular complexity index is 904. The fraction of sp³-hybridized carbons (Fsp3) is 0.462. The molecule has 0 aliphatic heterocycles. The Labute approximate surface area is 189 Å². The molecule has 0 saturated carbocycles. The standard InChI is InChI=1S/C26H33NO5/c1-5-6-15-22(23(28)24(29)32-26(2,3)4)27-25(30)31-16-21-19-13-9-7-11-17(19)18-12-8-10-14-20(18)21/h7-14,21-23,28H,5-6,15-16H2,1-4H3,(H,27,30)/t22-,23-/m0/s1. The van der Waals surface area contributed by atoms with Crippen LogP contribution in [0.4, 0.5) is 4.79 Å². The van der Waals surface area contributed by atoms with E-state index in [1.165, 1.54) is 0 Å². The second kappa shape index (κ2) is 10.2. The Hall–Kier alpha value is -2.86. The fourth-order valence-electron chi connectivity index (χ4n) is 4.05. The third-order valence-corrected chi connectivity index (χ3v) is 5.55. The smallest absolute Gasteiger partial charge is 0.407 e. The Morgan fingerprint density at radius 3 is 2.12 bits per heavy atom. The van der Waals surface area contributed by atoms with Gasteiger partial charge in [-0.3, -0.25) is 0 Å². The van der Waals surface area contributed by atoms with Crippen molar-refractivity contribution in [3.63, 3.8) is 0 Å². The number of aliphatic hydroxyl groups excluding tert-OH is 1. The quantitative estimate of drug-likeness (QED) is 0.578. The maximum absolute atomic E-state index is 12.6. The number of unbranched alkanes of at least 4 members (excludes halogenated alkanes) is 1. The minimum Gasteiger partial charge on any atom is -0.458 e. The summed E-state index contributed by atoms with van der Waals surface area (Å²) in [6.07, 6.45) is -0.0593. The highest BCUT2D eigenvalue weighted by molar-refractivity contribution is 5.79. The zero-order chi connectivity index (χ0) is 23.3. The summed E-state index contributed by atoms with van der Waals surface area (Å²) >= 11 is 0. The molecule has 172 valence electrons. The average molecular weight is 440 g/mol. The number of aliphatic hydroxyl groups is 1. The molecule has 1 aliphatic carbocycles. The van der Waals surface area contributed by atoms with Crippen LogP contribution in [0.1, 0.15) is 64.0 Å². The number of carbonyl (C=O) groups is 2. The lowest BCUT2D eigenvalue weighted by Crippen LogP contribution is -2.49. The Morgan fingerprint density at radius 1 is 1.03 bits per heavy atom. The molecule has 0 heterocycles. The molecule has 0 spiro atoms. The highest BCUT2D eigenvalue weighted by atomic mass is 16.6. The van der Waals surface area contributed by atoms with Crippen LogP contribution >= 0.6 is 0 Å². The summed E-state index contributed by atoms with van der Waals surface area (Å²) in [5, 5.41) is 13.2. The van der Waals surface area contributed by atoms with Crippen molar-refractivity contribution >= 4 is 12.1 Å². The molecule has 0 unspecified atom stereocenters. The Kier molecular flexibility index (Phi) is 7.56. The van der Waals surface area contributed by atoms with Crippen molar-refractivity contribution in [2.75, 3.05) is 6.61 Å². The summed E-state index contributed by atoms with van der Waals surface area (Å²) in [5.74, 6) is -0.810. The molecule has 6 nitrogen and oxygen atoms in total. The van der Waals surface area contributed by atoms with Crippen molar-refractivity contribution < 1.29 is 24.2 Å². The molecule has 0 saturated heterocycles. The monoisotopic (exact) mass is 439 g/mol. The molecule has 0 fully saturated rings. The minimum atomic E-state index is -1.46. The first kappa shape index (κ1) is 23.8. The largest absolute Gasteiger partial charge is 0.458 e. The van der Waals surface area contributed by atoms with Crippen LogP contribution in [0.2, 0.25) is 0 Å². The van der Waals surface area contributed by atoms with Gasteiger partial charge in [-0.05, 0) is 49.4 Å². The molecular weight excluding hydrogens is 406 g/mol. The summed E-state index contributed by atoms with van der Waals surface area (Å²) in [4.78, 5) is 24.9. The molecule has 32 heavy (non-hydrogen) atoms. The fourth-order valence-corrected chi connectivity index (χ4v) is 4.05. The van der Waals surface area contributed by atoms with Crippen LogP contribution in [0.15, 0.2) is 48.5 Å². The number of benzene rings is 2. The first-order valence-electron chi connectivity index (χ1n) is 11.2. The predicted octanol–water partition coefficient (Wildman–Crippen LogP) is 4.79. The topological polar surface area (TPSA) is 84.9 Å². The number of fused-ring (bicyclic) bond motifs is 3. The van der Waals surface area contributed by atoms with Gasteiger partial charge in [0.15, 0.2) is 6.10 Å². The van der Waals surface area contributed by atoms with Gasteiger partial charge < -0.3 is 19.9 Å². The molecule has 3 rings (SSSR count).